The van der Waals surface area contributed by atoms with Crippen molar-refractivity contribution < 1.29 is 8.91 Å². The van der Waals surface area contributed by atoms with Gasteiger partial charge in [0, 0.05) is 6.20 Å². The number of nitrogens with zero attached hydrogens (tertiary/aromatic N) is 3. The number of hydrogen-bond donors (Lipinski definition) is 0. The maximum absolute atomic E-state index is 13.5. The van der Waals surface area contributed by atoms with Crippen LogP contribution in [0.4, 0.5) is 4.39 Å². The number of alkyl halides is 1. The average molecular weight is 221 g/mol. The zero-order valence-electron chi connectivity index (χ0n) is 9.36. The van der Waals surface area contributed by atoms with Crippen LogP contribution in [-0.4, -0.2) is 15.1 Å². The zero-order chi connectivity index (χ0) is 11.8. The molecule has 0 N–H and O–H groups in total. The van der Waals surface area contributed by atoms with E-state index in [0.29, 0.717) is 11.5 Å². The molecular weight excluding hydrogens is 209 g/mol. The van der Waals surface area contributed by atoms with Crippen LogP contribution < -0.4 is 0 Å². The molecule has 0 spiro atoms. The highest BCUT2D eigenvalue weighted by atomic mass is 19.1. The second-order valence-corrected chi connectivity index (χ2v) is 4.11. The lowest BCUT2D eigenvalue weighted by Crippen LogP contribution is -2.09. The Bertz CT molecular complexity index is 502. The van der Waals surface area contributed by atoms with Crippen molar-refractivity contribution in [1.82, 2.24) is 15.1 Å². The third-order valence-electron chi connectivity index (χ3n) is 2.08. The lowest BCUT2D eigenvalue weighted by molar-refractivity contribution is 0.155. The van der Waals surface area contributed by atoms with E-state index in [2.05, 4.69) is 15.1 Å². The Balaban J connectivity index is 2.39. The van der Waals surface area contributed by atoms with Crippen LogP contribution in [0.1, 0.15) is 25.3 Å². The van der Waals surface area contributed by atoms with E-state index >= 15 is 0 Å². The molecule has 16 heavy (non-hydrogen) atoms. The van der Waals surface area contributed by atoms with Gasteiger partial charge in [-0.3, -0.25) is 4.98 Å². The zero-order valence-corrected chi connectivity index (χ0v) is 9.36. The van der Waals surface area contributed by atoms with Crippen molar-refractivity contribution in [1.29, 1.82) is 0 Å². The predicted octanol–water partition coefficient (Wildman–Crippen LogP) is 2.64. The van der Waals surface area contributed by atoms with E-state index in [0.717, 1.165) is 5.56 Å². The van der Waals surface area contributed by atoms with Gasteiger partial charge in [-0.05, 0) is 38.5 Å². The van der Waals surface area contributed by atoms with Gasteiger partial charge in [-0.15, -0.1) is 0 Å². The van der Waals surface area contributed by atoms with Crippen LogP contribution in [-0.2, 0) is 5.67 Å². The Hall–Kier alpha value is -1.78. The normalized spacial score (nSPS) is 11.8. The van der Waals surface area contributed by atoms with Gasteiger partial charge in [0.15, 0.2) is 5.67 Å². The van der Waals surface area contributed by atoms with Crippen LogP contribution in [0.5, 0.6) is 0 Å². The molecule has 84 valence electrons. The van der Waals surface area contributed by atoms with Crippen LogP contribution in [0.15, 0.2) is 22.9 Å². The Morgan fingerprint density at radius 3 is 2.69 bits per heavy atom. The first-order chi connectivity index (χ1) is 7.47. The summed E-state index contributed by atoms with van der Waals surface area (Å²) in [6.07, 6.45) is 1.65. The molecule has 2 aromatic rings. The molecule has 0 amide bonds. The molecule has 0 aromatic carbocycles. The molecule has 0 radical (unpaired) electrons. The maximum atomic E-state index is 13.5. The van der Waals surface area contributed by atoms with Gasteiger partial charge >= 0.3 is 0 Å². The minimum absolute atomic E-state index is 0.0363. The van der Waals surface area contributed by atoms with Gasteiger partial charge in [0.1, 0.15) is 5.69 Å². The summed E-state index contributed by atoms with van der Waals surface area (Å²) in [7, 11) is 0. The first-order valence-electron chi connectivity index (χ1n) is 4.93. The molecule has 0 bridgehead atoms. The Morgan fingerprint density at radius 2 is 2.12 bits per heavy atom. The third-order valence-corrected chi connectivity index (χ3v) is 2.08. The van der Waals surface area contributed by atoms with Gasteiger partial charge in [-0.25, -0.2) is 4.39 Å². The number of pyridine rings is 1. The van der Waals surface area contributed by atoms with Gasteiger partial charge in [0.05, 0.1) is 0 Å². The minimum Gasteiger partial charge on any atom is -0.335 e. The first-order valence-corrected chi connectivity index (χ1v) is 4.93. The highest BCUT2D eigenvalue weighted by molar-refractivity contribution is 5.49. The van der Waals surface area contributed by atoms with Gasteiger partial charge in [-0.1, -0.05) is 5.16 Å². The van der Waals surface area contributed by atoms with Gasteiger partial charge < -0.3 is 4.52 Å². The fraction of sp³-hybridized carbons (Fsp3) is 0.364. The fourth-order valence-corrected chi connectivity index (χ4v) is 1.23. The fourth-order valence-electron chi connectivity index (χ4n) is 1.23. The molecule has 2 aromatic heterocycles. The standard InChI is InChI=1S/C11H12FN3O/c1-7-4-5-13-8(6-7)9-14-10(16-15-9)11(2,3)12/h4-6H,1-3H3. The van der Waals surface area contributed by atoms with E-state index in [1.54, 1.807) is 6.20 Å². The quantitative estimate of drug-likeness (QED) is 0.782. The molecule has 5 heteroatoms. The average Bonchev–Trinajstić information content (AvgIpc) is 2.65. The molecule has 0 saturated heterocycles. The molecule has 0 aliphatic carbocycles. The summed E-state index contributed by atoms with van der Waals surface area (Å²) in [6.45, 7) is 4.67. The molecule has 2 heterocycles. The molecule has 2 rings (SSSR count). The van der Waals surface area contributed by atoms with E-state index < -0.39 is 5.67 Å². The summed E-state index contributed by atoms with van der Waals surface area (Å²) in [6, 6.07) is 3.68. The SMILES string of the molecule is Cc1ccnc(-c2noc(C(C)(C)F)n2)c1. The van der Waals surface area contributed by atoms with Crippen LogP contribution in [0.3, 0.4) is 0 Å². The maximum Gasteiger partial charge on any atom is 0.264 e. The number of halogens is 1. The van der Waals surface area contributed by atoms with Gasteiger partial charge in [-0.2, -0.15) is 4.98 Å². The summed E-state index contributed by atoms with van der Waals surface area (Å²) < 4.78 is 18.4. The Morgan fingerprint density at radius 1 is 1.38 bits per heavy atom. The van der Waals surface area contributed by atoms with Gasteiger partial charge in [0.25, 0.3) is 5.89 Å². The van der Waals surface area contributed by atoms with Crippen molar-refractivity contribution in [3.05, 3.63) is 29.8 Å². The third kappa shape index (κ3) is 2.08. The van der Waals surface area contributed by atoms with E-state index in [9.17, 15) is 4.39 Å². The Kier molecular flexibility index (Phi) is 2.46. The first kappa shape index (κ1) is 10.7. The molecule has 4 nitrogen and oxygen atoms in total. The summed E-state index contributed by atoms with van der Waals surface area (Å²) in [5.74, 6) is 0.273. The molecule has 0 atom stereocenters. The predicted molar refractivity (Wildman–Crippen MR) is 56.4 cm³/mol. The summed E-state index contributed by atoms with van der Waals surface area (Å²) in [5, 5.41) is 3.71. The van der Waals surface area contributed by atoms with Crippen LogP contribution in [0.25, 0.3) is 11.5 Å². The summed E-state index contributed by atoms with van der Waals surface area (Å²) in [4.78, 5) is 8.08. The molecule has 0 fully saturated rings. The lowest BCUT2D eigenvalue weighted by atomic mass is 10.2. The molecular formula is C11H12FN3O. The topological polar surface area (TPSA) is 51.8 Å². The molecule has 0 unspecified atom stereocenters. The second-order valence-electron chi connectivity index (χ2n) is 4.11. The lowest BCUT2D eigenvalue weighted by Gasteiger charge is -2.05. The van der Waals surface area contributed by atoms with E-state index in [1.807, 2.05) is 19.1 Å². The molecule has 0 aliphatic heterocycles. The largest absolute Gasteiger partial charge is 0.335 e. The summed E-state index contributed by atoms with van der Waals surface area (Å²) >= 11 is 0. The second kappa shape index (κ2) is 3.66. The molecule has 0 aliphatic rings. The van der Waals surface area contributed by atoms with E-state index in [1.165, 1.54) is 13.8 Å². The molecule has 0 saturated carbocycles. The van der Waals surface area contributed by atoms with Crippen LogP contribution in [0, 0.1) is 6.92 Å². The highest BCUT2D eigenvalue weighted by Gasteiger charge is 2.27. The smallest absolute Gasteiger partial charge is 0.264 e. The van der Waals surface area contributed by atoms with Crippen molar-refractivity contribution in [3.63, 3.8) is 0 Å². The van der Waals surface area contributed by atoms with Crippen molar-refractivity contribution >= 4 is 0 Å². The van der Waals surface area contributed by atoms with E-state index in [-0.39, 0.29) is 5.89 Å². The van der Waals surface area contributed by atoms with Crippen LogP contribution in [0.2, 0.25) is 0 Å². The number of aromatic nitrogens is 3. The van der Waals surface area contributed by atoms with Crippen molar-refractivity contribution in [2.45, 2.75) is 26.4 Å². The van der Waals surface area contributed by atoms with Crippen LogP contribution >= 0.6 is 0 Å². The Labute approximate surface area is 92.5 Å². The highest BCUT2D eigenvalue weighted by Crippen LogP contribution is 2.24. The van der Waals surface area contributed by atoms with Crippen molar-refractivity contribution in [2.24, 2.45) is 0 Å². The van der Waals surface area contributed by atoms with Crippen molar-refractivity contribution in [2.75, 3.05) is 0 Å². The summed E-state index contributed by atoms with van der Waals surface area (Å²) in [5.41, 5.74) is -0.00941. The van der Waals surface area contributed by atoms with Gasteiger partial charge in [0.2, 0.25) is 5.82 Å². The van der Waals surface area contributed by atoms with Crippen molar-refractivity contribution in [3.8, 4) is 11.5 Å². The van der Waals surface area contributed by atoms with E-state index in [4.69, 9.17) is 4.52 Å². The monoisotopic (exact) mass is 221 g/mol. The number of rotatable bonds is 2. The minimum atomic E-state index is -1.63. The number of hydrogen-bond acceptors (Lipinski definition) is 4. The number of aryl methyl sites for hydroxylation is 1.